The van der Waals surface area contributed by atoms with E-state index in [1.807, 2.05) is 12.1 Å². The molecular weight excluding hydrogens is 242 g/mol. The van der Waals surface area contributed by atoms with Crippen molar-refractivity contribution in [2.45, 2.75) is 18.4 Å². The number of hydrogen-bond acceptors (Lipinski definition) is 3. The van der Waals surface area contributed by atoms with Gasteiger partial charge in [0, 0.05) is 24.0 Å². The second-order valence-electron chi connectivity index (χ2n) is 4.23. The lowest BCUT2D eigenvalue weighted by Gasteiger charge is -2.37. The molecule has 0 saturated carbocycles. The highest BCUT2D eigenvalue weighted by Crippen LogP contribution is 2.29. The normalized spacial score (nSPS) is 24.7. The van der Waals surface area contributed by atoms with Crippen molar-refractivity contribution >= 4 is 17.7 Å². The van der Waals surface area contributed by atoms with Crippen LogP contribution in [0.4, 0.5) is 4.79 Å². The van der Waals surface area contributed by atoms with E-state index in [0.717, 1.165) is 10.5 Å². The predicted molar refractivity (Wildman–Crippen MR) is 61.8 cm³/mol. The summed E-state index contributed by atoms with van der Waals surface area (Å²) in [4.78, 5) is 11.8. The third-order valence-corrected chi connectivity index (χ3v) is 3.39. The summed E-state index contributed by atoms with van der Waals surface area (Å²) in [6.45, 7) is 0.502. The molecular formula is C12H13ClNO3-. The summed E-state index contributed by atoms with van der Waals surface area (Å²) in [7, 11) is 0. The lowest BCUT2D eigenvalue weighted by molar-refractivity contribution is -0.268. The maximum absolute atomic E-state index is 10.7. The topological polar surface area (TPSA) is 63.6 Å². The Hall–Kier alpha value is -1.26. The number of carbonyl (C=O) groups excluding carboxylic acids is 1. The number of rotatable bonds is 1. The smallest absolute Gasteiger partial charge is 0.137 e. The van der Waals surface area contributed by atoms with Crippen LogP contribution in [0.5, 0.6) is 0 Å². The second kappa shape index (κ2) is 4.94. The van der Waals surface area contributed by atoms with Gasteiger partial charge in [-0.3, -0.25) is 0 Å². The van der Waals surface area contributed by atoms with Crippen molar-refractivity contribution in [3.05, 3.63) is 34.9 Å². The van der Waals surface area contributed by atoms with Gasteiger partial charge in [0.2, 0.25) is 0 Å². The Morgan fingerprint density at radius 2 is 2.06 bits per heavy atom. The molecule has 0 spiro atoms. The summed E-state index contributed by atoms with van der Waals surface area (Å²) in [5, 5.41) is 21.3. The van der Waals surface area contributed by atoms with Crippen LogP contribution in [0.3, 0.4) is 0 Å². The zero-order valence-electron chi connectivity index (χ0n) is 9.17. The molecule has 1 heterocycles. The molecule has 1 aromatic rings. The predicted octanol–water partition coefficient (Wildman–Crippen LogP) is 0.834. The molecule has 1 fully saturated rings. The maximum atomic E-state index is 10.7. The summed E-state index contributed by atoms with van der Waals surface area (Å²) in [6, 6.07) is 7.28. The Morgan fingerprint density at radius 1 is 1.41 bits per heavy atom. The Labute approximate surface area is 104 Å². The molecule has 0 aliphatic carbocycles. The van der Waals surface area contributed by atoms with Crippen LogP contribution in [-0.4, -0.2) is 35.3 Å². The number of β-amino-alcohol motifs (C(OH)–C–C–N with tert-alkyl or cyclic N) is 1. The monoisotopic (exact) mass is 254 g/mol. The lowest BCUT2D eigenvalue weighted by Crippen LogP contribution is -2.50. The van der Waals surface area contributed by atoms with E-state index in [0.29, 0.717) is 18.0 Å². The molecule has 1 aliphatic heterocycles. The van der Waals surface area contributed by atoms with Crippen molar-refractivity contribution in [2.75, 3.05) is 13.1 Å². The van der Waals surface area contributed by atoms with E-state index >= 15 is 0 Å². The molecule has 2 rings (SSSR count). The number of amides is 1. The highest BCUT2D eigenvalue weighted by molar-refractivity contribution is 6.30. The highest BCUT2D eigenvalue weighted by atomic mass is 35.5. The molecule has 17 heavy (non-hydrogen) atoms. The van der Waals surface area contributed by atoms with E-state index in [9.17, 15) is 15.0 Å². The van der Waals surface area contributed by atoms with E-state index in [1.54, 1.807) is 12.1 Å². The van der Waals surface area contributed by atoms with Gasteiger partial charge in [-0.25, -0.2) is 0 Å². The van der Waals surface area contributed by atoms with Gasteiger partial charge in [-0.15, -0.1) is 0 Å². The van der Waals surface area contributed by atoms with Gasteiger partial charge in [-0.2, -0.15) is 0 Å². The number of piperidine rings is 1. The van der Waals surface area contributed by atoms with Gasteiger partial charge >= 0.3 is 0 Å². The number of carboxylic acid groups (broad SMARTS) is 1. The van der Waals surface area contributed by atoms with Gasteiger partial charge in [-0.1, -0.05) is 23.7 Å². The summed E-state index contributed by atoms with van der Waals surface area (Å²) in [5.74, 6) is -0.0390. The number of aliphatic hydroxyl groups excluding tert-OH is 1. The molecule has 1 aromatic carbocycles. The average molecular weight is 255 g/mol. The summed E-state index contributed by atoms with van der Waals surface area (Å²) in [5.41, 5.74) is 0.986. The molecule has 0 radical (unpaired) electrons. The van der Waals surface area contributed by atoms with E-state index in [-0.39, 0.29) is 12.5 Å². The fraction of sp³-hybridized carbons (Fsp3) is 0.417. The van der Waals surface area contributed by atoms with Gasteiger partial charge in [0.25, 0.3) is 0 Å². The number of aliphatic hydroxyl groups is 1. The summed E-state index contributed by atoms with van der Waals surface area (Å²) >= 11 is 5.80. The van der Waals surface area contributed by atoms with Gasteiger partial charge in [-0.05, 0) is 24.1 Å². The second-order valence-corrected chi connectivity index (χ2v) is 4.66. The number of benzene rings is 1. The van der Waals surface area contributed by atoms with Crippen LogP contribution in [0.1, 0.15) is 17.9 Å². The zero-order chi connectivity index (χ0) is 12.4. The van der Waals surface area contributed by atoms with Crippen molar-refractivity contribution in [1.82, 2.24) is 4.90 Å². The first-order chi connectivity index (χ1) is 8.08. The van der Waals surface area contributed by atoms with Crippen LogP contribution in [0.2, 0.25) is 5.02 Å². The summed E-state index contributed by atoms with van der Waals surface area (Å²) < 4.78 is 0. The van der Waals surface area contributed by atoms with Crippen molar-refractivity contribution in [3.8, 4) is 0 Å². The van der Waals surface area contributed by atoms with Gasteiger partial charge in [0.1, 0.15) is 6.09 Å². The fourth-order valence-corrected chi connectivity index (χ4v) is 2.32. The largest absolute Gasteiger partial charge is 0.530 e. The molecule has 2 unspecified atom stereocenters. The Morgan fingerprint density at radius 3 is 2.59 bits per heavy atom. The van der Waals surface area contributed by atoms with Crippen LogP contribution < -0.4 is 5.11 Å². The third-order valence-electron chi connectivity index (χ3n) is 3.14. The minimum Gasteiger partial charge on any atom is -0.530 e. The summed E-state index contributed by atoms with van der Waals surface area (Å²) in [6.07, 6.45) is -1.32. The van der Waals surface area contributed by atoms with Gasteiger partial charge in [0.15, 0.2) is 0 Å². The number of likely N-dealkylation sites (tertiary alicyclic amines) is 1. The zero-order valence-corrected chi connectivity index (χ0v) is 9.93. The molecule has 1 aliphatic rings. The Kier molecular flexibility index (Phi) is 3.54. The van der Waals surface area contributed by atoms with Crippen molar-refractivity contribution in [1.29, 1.82) is 0 Å². The molecule has 5 heteroatoms. The number of carbonyl (C=O) groups is 1. The minimum atomic E-state index is -1.22. The van der Waals surface area contributed by atoms with E-state index < -0.39 is 12.2 Å². The molecule has 1 N–H and O–H groups in total. The standard InChI is InChI=1S/C12H14ClNO3/c13-9-3-1-8(2-4-9)10-5-6-14(12(16)17)7-11(10)15/h1-4,10-11,15H,5-7H2,(H,16,17)/p-1. The Balaban J connectivity index is 2.09. The van der Waals surface area contributed by atoms with Crippen molar-refractivity contribution in [3.63, 3.8) is 0 Å². The van der Waals surface area contributed by atoms with Crippen molar-refractivity contribution < 1.29 is 15.0 Å². The first-order valence-corrected chi connectivity index (χ1v) is 5.85. The first kappa shape index (κ1) is 12.2. The van der Waals surface area contributed by atoms with E-state index in [4.69, 9.17) is 11.6 Å². The number of nitrogens with zero attached hydrogens (tertiary/aromatic N) is 1. The molecule has 0 bridgehead atoms. The molecule has 92 valence electrons. The minimum absolute atomic E-state index is 0.0390. The van der Waals surface area contributed by atoms with Crippen LogP contribution in [-0.2, 0) is 0 Å². The quantitative estimate of drug-likeness (QED) is 0.808. The highest BCUT2D eigenvalue weighted by Gasteiger charge is 2.28. The SMILES string of the molecule is O=C([O-])N1CCC(c2ccc(Cl)cc2)C(O)C1. The van der Waals surface area contributed by atoms with Crippen LogP contribution in [0, 0.1) is 0 Å². The molecule has 0 aromatic heterocycles. The first-order valence-electron chi connectivity index (χ1n) is 5.47. The average Bonchev–Trinajstić information content (AvgIpc) is 2.30. The van der Waals surface area contributed by atoms with Gasteiger partial charge < -0.3 is 19.9 Å². The number of hydrogen-bond donors (Lipinski definition) is 1. The van der Waals surface area contributed by atoms with E-state index in [1.165, 1.54) is 0 Å². The lowest BCUT2D eigenvalue weighted by atomic mass is 9.87. The Bertz CT molecular complexity index is 407. The van der Waals surface area contributed by atoms with Crippen LogP contribution in [0.25, 0.3) is 0 Å². The molecule has 2 atom stereocenters. The van der Waals surface area contributed by atoms with Gasteiger partial charge in [0.05, 0.1) is 6.10 Å². The fourth-order valence-electron chi connectivity index (χ4n) is 2.20. The van der Waals surface area contributed by atoms with E-state index in [2.05, 4.69) is 0 Å². The molecule has 1 amide bonds. The van der Waals surface area contributed by atoms with Crippen LogP contribution in [0.15, 0.2) is 24.3 Å². The number of halogens is 1. The van der Waals surface area contributed by atoms with Crippen molar-refractivity contribution in [2.24, 2.45) is 0 Å². The maximum Gasteiger partial charge on any atom is 0.137 e. The molecule has 4 nitrogen and oxygen atoms in total. The molecule has 1 saturated heterocycles. The van der Waals surface area contributed by atoms with Crippen LogP contribution >= 0.6 is 11.6 Å². The third kappa shape index (κ3) is 2.70.